The molecule has 0 bridgehead atoms. The van der Waals surface area contributed by atoms with Gasteiger partial charge in [0.2, 0.25) is 0 Å². The van der Waals surface area contributed by atoms with Gasteiger partial charge in [0.15, 0.2) is 0 Å². The Morgan fingerprint density at radius 1 is 1.33 bits per heavy atom. The molecule has 0 aliphatic heterocycles. The Hall–Kier alpha value is -0.0400. The molecule has 0 aliphatic carbocycles. The van der Waals surface area contributed by atoms with E-state index in [4.69, 9.17) is 4.74 Å². The molecule has 1 atom stereocenters. The van der Waals surface area contributed by atoms with Crippen molar-refractivity contribution in [2.24, 2.45) is 5.92 Å². The van der Waals surface area contributed by atoms with Crippen LogP contribution in [0.3, 0.4) is 0 Å². The maximum absolute atomic E-state index is 5.05. The molecule has 1 nitrogen and oxygen atoms in total. The predicted octanol–water partition coefficient (Wildman–Crippen LogP) is 2.46. The second kappa shape index (κ2) is 6.09. The third-order valence-electron chi connectivity index (χ3n) is 1.68. The number of ether oxygens (including phenoxy) is 1. The zero-order chi connectivity index (χ0) is 7.11. The van der Waals surface area contributed by atoms with Gasteiger partial charge in [0.25, 0.3) is 0 Å². The van der Waals surface area contributed by atoms with Crippen LogP contribution in [-0.4, -0.2) is 13.7 Å². The highest BCUT2D eigenvalue weighted by molar-refractivity contribution is 4.53. The van der Waals surface area contributed by atoms with Gasteiger partial charge in [0.05, 0.1) is 0 Å². The van der Waals surface area contributed by atoms with E-state index >= 15 is 0 Å². The van der Waals surface area contributed by atoms with E-state index in [1.54, 1.807) is 7.11 Å². The first-order valence-electron chi connectivity index (χ1n) is 3.84. The van der Waals surface area contributed by atoms with E-state index in [0.29, 0.717) is 0 Å². The molecule has 0 unspecified atom stereocenters. The van der Waals surface area contributed by atoms with Crippen LogP contribution in [0.15, 0.2) is 0 Å². The van der Waals surface area contributed by atoms with Gasteiger partial charge >= 0.3 is 0 Å². The lowest BCUT2D eigenvalue weighted by molar-refractivity contribution is 0.145. The van der Waals surface area contributed by atoms with E-state index in [9.17, 15) is 0 Å². The molecule has 0 fully saturated rings. The SMILES string of the molecule is CCC[C@H](CC)COC. The fourth-order valence-electron chi connectivity index (χ4n) is 1.05. The summed E-state index contributed by atoms with van der Waals surface area (Å²) >= 11 is 0. The summed E-state index contributed by atoms with van der Waals surface area (Å²) in [5.74, 6) is 0.792. The summed E-state index contributed by atoms with van der Waals surface area (Å²) in [7, 11) is 1.78. The van der Waals surface area contributed by atoms with Crippen LogP contribution in [0.25, 0.3) is 0 Å². The third kappa shape index (κ3) is 4.46. The smallest absolute Gasteiger partial charge is 0.0490 e. The van der Waals surface area contributed by atoms with E-state index in [-0.39, 0.29) is 0 Å². The van der Waals surface area contributed by atoms with E-state index < -0.39 is 0 Å². The molecular weight excluding hydrogens is 112 g/mol. The number of methoxy groups -OCH3 is 1. The van der Waals surface area contributed by atoms with E-state index in [0.717, 1.165) is 12.5 Å². The minimum absolute atomic E-state index is 0.792. The molecule has 0 spiro atoms. The Balaban J connectivity index is 3.18. The molecule has 0 heterocycles. The molecule has 0 rings (SSSR count). The van der Waals surface area contributed by atoms with Crippen molar-refractivity contribution in [3.8, 4) is 0 Å². The second-order valence-corrected chi connectivity index (χ2v) is 2.52. The molecular formula is C8H18O. The summed E-state index contributed by atoms with van der Waals surface area (Å²) in [5, 5.41) is 0. The van der Waals surface area contributed by atoms with Crippen LogP contribution in [0.1, 0.15) is 33.1 Å². The van der Waals surface area contributed by atoms with Crippen LogP contribution < -0.4 is 0 Å². The molecule has 0 aliphatic rings. The Bertz CT molecular complexity index is 46.5. The summed E-state index contributed by atoms with van der Waals surface area (Å²) in [6, 6.07) is 0. The summed E-state index contributed by atoms with van der Waals surface area (Å²) < 4.78 is 5.05. The van der Waals surface area contributed by atoms with Crippen molar-refractivity contribution in [1.82, 2.24) is 0 Å². The van der Waals surface area contributed by atoms with Crippen molar-refractivity contribution in [3.05, 3.63) is 0 Å². The molecule has 0 amide bonds. The van der Waals surface area contributed by atoms with Crippen molar-refractivity contribution in [3.63, 3.8) is 0 Å². The van der Waals surface area contributed by atoms with Crippen LogP contribution in [0.5, 0.6) is 0 Å². The summed E-state index contributed by atoms with van der Waals surface area (Å²) in [6.45, 7) is 5.38. The van der Waals surface area contributed by atoms with E-state index in [2.05, 4.69) is 13.8 Å². The maximum atomic E-state index is 5.05. The highest BCUT2D eigenvalue weighted by atomic mass is 16.5. The van der Waals surface area contributed by atoms with Crippen molar-refractivity contribution >= 4 is 0 Å². The first-order chi connectivity index (χ1) is 4.35. The molecule has 0 aromatic rings. The van der Waals surface area contributed by atoms with Gasteiger partial charge in [0.1, 0.15) is 0 Å². The Morgan fingerprint density at radius 3 is 2.33 bits per heavy atom. The minimum atomic E-state index is 0.792. The molecule has 1 heteroatoms. The van der Waals surface area contributed by atoms with Crippen LogP contribution in [0.4, 0.5) is 0 Å². The van der Waals surface area contributed by atoms with Gasteiger partial charge in [-0.25, -0.2) is 0 Å². The second-order valence-electron chi connectivity index (χ2n) is 2.52. The summed E-state index contributed by atoms with van der Waals surface area (Å²) in [6.07, 6.45) is 3.84. The molecule has 9 heavy (non-hydrogen) atoms. The normalized spacial score (nSPS) is 13.7. The zero-order valence-corrected chi connectivity index (χ0v) is 6.81. The monoisotopic (exact) mass is 130 g/mol. The largest absolute Gasteiger partial charge is 0.384 e. The Morgan fingerprint density at radius 2 is 2.00 bits per heavy atom. The lowest BCUT2D eigenvalue weighted by Gasteiger charge is -2.10. The molecule has 0 aromatic heterocycles. The van der Waals surface area contributed by atoms with Crippen LogP contribution >= 0.6 is 0 Å². The average molecular weight is 130 g/mol. The maximum Gasteiger partial charge on any atom is 0.0490 e. The number of hydrogen-bond donors (Lipinski definition) is 0. The highest BCUT2D eigenvalue weighted by Crippen LogP contribution is 2.09. The summed E-state index contributed by atoms with van der Waals surface area (Å²) in [4.78, 5) is 0. The molecule has 0 N–H and O–H groups in total. The van der Waals surface area contributed by atoms with E-state index in [1.165, 1.54) is 19.3 Å². The van der Waals surface area contributed by atoms with Gasteiger partial charge in [-0.1, -0.05) is 26.7 Å². The first kappa shape index (κ1) is 8.96. The van der Waals surface area contributed by atoms with Gasteiger partial charge in [-0.15, -0.1) is 0 Å². The lowest BCUT2D eigenvalue weighted by Crippen LogP contribution is -2.05. The minimum Gasteiger partial charge on any atom is -0.384 e. The van der Waals surface area contributed by atoms with Crippen LogP contribution in [-0.2, 0) is 4.74 Å². The molecule has 0 aromatic carbocycles. The molecule has 0 saturated carbocycles. The summed E-state index contributed by atoms with van der Waals surface area (Å²) in [5.41, 5.74) is 0. The molecule has 0 saturated heterocycles. The fraction of sp³-hybridized carbons (Fsp3) is 1.00. The molecule has 0 radical (unpaired) electrons. The van der Waals surface area contributed by atoms with Crippen molar-refractivity contribution < 1.29 is 4.74 Å². The Kier molecular flexibility index (Phi) is 6.06. The van der Waals surface area contributed by atoms with Gasteiger partial charge in [-0.05, 0) is 12.3 Å². The quantitative estimate of drug-likeness (QED) is 0.555. The topological polar surface area (TPSA) is 9.23 Å². The number of hydrogen-bond acceptors (Lipinski definition) is 1. The predicted molar refractivity (Wildman–Crippen MR) is 40.6 cm³/mol. The standard InChI is InChI=1S/C8H18O/c1-4-6-8(5-2)7-9-3/h8H,4-7H2,1-3H3/t8-/m0/s1. The zero-order valence-electron chi connectivity index (χ0n) is 6.81. The van der Waals surface area contributed by atoms with Gasteiger partial charge in [-0.3, -0.25) is 0 Å². The Labute approximate surface area is 58.4 Å². The van der Waals surface area contributed by atoms with Gasteiger partial charge in [-0.2, -0.15) is 0 Å². The van der Waals surface area contributed by atoms with Crippen molar-refractivity contribution in [2.75, 3.05) is 13.7 Å². The lowest BCUT2D eigenvalue weighted by atomic mass is 10.0. The first-order valence-corrected chi connectivity index (χ1v) is 3.84. The average Bonchev–Trinajstić information content (AvgIpc) is 1.88. The van der Waals surface area contributed by atoms with Crippen LogP contribution in [0, 0.1) is 5.92 Å². The number of rotatable bonds is 5. The van der Waals surface area contributed by atoms with Gasteiger partial charge < -0.3 is 4.74 Å². The fourth-order valence-corrected chi connectivity index (χ4v) is 1.05. The van der Waals surface area contributed by atoms with E-state index in [1.807, 2.05) is 0 Å². The third-order valence-corrected chi connectivity index (χ3v) is 1.68. The van der Waals surface area contributed by atoms with Crippen molar-refractivity contribution in [2.45, 2.75) is 33.1 Å². The van der Waals surface area contributed by atoms with Crippen molar-refractivity contribution in [1.29, 1.82) is 0 Å². The van der Waals surface area contributed by atoms with Gasteiger partial charge in [0, 0.05) is 13.7 Å². The van der Waals surface area contributed by atoms with Crippen LogP contribution in [0.2, 0.25) is 0 Å². The highest BCUT2D eigenvalue weighted by Gasteiger charge is 2.02. The molecule has 56 valence electrons.